The Morgan fingerprint density at radius 3 is 2.66 bits per heavy atom. The van der Waals surface area contributed by atoms with Gasteiger partial charge >= 0.3 is 0 Å². The number of ether oxygens (including phenoxy) is 3. The average Bonchev–Trinajstić information content (AvgIpc) is 3.17. The minimum atomic E-state index is -0.322. The molecule has 32 heavy (non-hydrogen) atoms. The molecule has 1 heterocycles. The summed E-state index contributed by atoms with van der Waals surface area (Å²) in [5.74, 6) is 1.53. The van der Waals surface area contributed by atoms with Gasteiger partial charge in [-0.2, -0.15) is 5.10 Å². The zero-order valence-corrected chi connectivity index (χ0v) is 19.9. The smallest absolute Gasteiger partial charge is 0.247 e. The predicted molar refractivity (Wildman–Crippen MR) is 127 cm³/mol. The lowest BCUT2D eigenvalue weighted by Crippen LogP contribution is -2.19. The quantitative estimate of drug-likeness (QED) is 0.239. The molecule has 1 amide bonds. The van der Waals surface area contributed by atoms with E-state index in [1.165, 1.54) is 11.8 Å². The Morgan fingerprint density at radius 1 is 1.22 bits per heavy atom. The maximum Gasteiger partial charge on any atom is 0.247 e. The first-order valence-electron chi connectivity index (χ1n) is 9.54. The van der Waals surface area contributed by atoms with Gasteiger partial charge in [0.2, 0.25) is 11.0 Å². The number of aromatic nitrogens is 2. The summed E-state index contributed by atoms with van der Waals surface area (Å²) in [6.07, 6.45) is 1.56. The number of carbonyl (C=O) groups excluding carboxylic acids is 1. The van der Waals surface area contributed by atoms with E-state index in [-0.39, 0.29) is 12.3 Å². The molecule has 2 aromatic carbocycles. The number of rotatable bonds is 10. The third-order valence-corrected chi connectivity index (χ3v) is 5.41. The molecule has 0 atom stereocenters. The number of nitrogens with zero attached hydrogens (tertiary/aromatic N) is 3. The maximum atomic E-state index is 11.9. The van der Waals surface area contributed by atoms with Crippen LogP contribution in [0.25, 0.3) is 0 Å². The molecule has 3 rings (SSSR count). The average molecular weight is 520 g/mol. The number of hydrazone groups is 1. The standard InChI is InChI=1S/C21H22BrN5O4S/c1-13-3-5-15(6-4-13)30-7-8-31-20-16(22)9-14(10-17(20)29-2)12-24-25-18(28)11-19-26-27-21(23)32-19/h3-6,9-10,12H,7-8,11H2,1-2H3,(H2,23,27)(H,25,28). The fourth-order valence-corrected chi connectivity index (χ4v) is 3.77. The summed E-state index contributed by atoms with van der Waals surface area (Å²) in [4.78, 5) is 11.9. The highest BCUT2D eigenvalue weighted by Gasteiger charge is 2.12. The zero-order valence-electron chi connectivity index (χ0n) is 17.5. The summed E-state index contributed by atoms with van der Waals surface area (Å²) in [5.41, 5.74) is 9.83. The lowest BCUT2D eigenvalue weighted by Gasteiger charge is -2.14. The number of aryl methyl sites for hydroxylation is 1. The van der Waals surface area contributed by atoms with Crippen LogP contribution in [-0.4, -0.2) is 42.6 Å². The second-order valence-corrected chi connectivity index (χ2v) is 8.50. The number of halogens is 1. The molecule has 1 aromatic heterocycles. The van der Waals surface area contributed by atoms with E-state index < -0.39 is 0 Å². The Hall–Kier alpha value is -3.18. The van der Waals surface area contributed by atoms with Gasteiger partial charge in [0.25, 0.3) is 0 Å². The van der Waals surface area contributed by atoms with Gasteiger partial charge in [-0.05, 0) is 52.7 Å². The monoisotopic (exact) mass is 519 g/mol. The Balaban J connectivity index is 1.53. The van der Waals surface area contributed by atoms with Crippen LogP contribution in [0.2, 0.25) is 0 Å². The Labute approximate surface area is 197 Å². The number of nitrogen functional groups attached to an aromatic ring is 1. The molecule has 0 saturated carbocycles. The highest BCUT2D eigenvalue weighted by Crippen LogP contribution is 2.36. The van der Waals surface area contributed by atoms with E-state index in [1.807, 2.05) is 31.2 Å². The first kappa shape index (κ1) is 23.5. The van der Waals surface area contributed by atoms with Gasteiger partial charge in [0.05, 0.1) is 24.2 Å². The molecule has 0 radical (unpaired) electrons. The van der Waals surface area contributed by atoms with Crippen LogP contribution in [0.15, 0.2) is 46.0 Å². The minimum Gasteiger partial charge on any atom is -0.493 e. The maximum absolute atomic E-state index is 11.9. The van der Waals surface area contributed by atoms with Gasteiger partial charge in [0, 0.05) is 0 Å². The molecular formula is C21H22BrN5O4S. The highest BCUT2D eigenvalue weighted by molar-refractivity contribution is 9.10. The summed E-state index contributed by atoms with van der Waals surface area (Å²) in [5, 5.41) is 12.3. The van der Waals surface area contributed by atoms with Crippen molar-refractivity contribution in [2.45, 2.75) is 13.3 Å². The van der Waals surface area contributed by atoms with Crippen LogP contribution in [0.4, 0.5) is 5.13 Å². The minimum absolute atomic E-state index is 0.0522. The van der Waals surface area contributed by atoms with Crippen molar-refractivity contribution in [2.24, 2.45) is 5.10 Å². The number of amides is 1. The van der Waals surface area contributed by atoms with Crippen molar-refractivity contribution in [2.75, 3.05) is 26.1 Å². The van der Waals surface area contributed by atoms with Crippen LogP contribution in [-0.2, 0) is 11.2 Å². The number of carbonyl (C=O) groups is 1. The van der Waals surface area contributed by atoms with E-state index >= 15 is 0 Å². The van der Waals surface area contributed by atoms with E-state index in [9.17, 15) is 4.79 Å². The number of methoxy groups -OCH3 is 1. The summed E-state index contributed by atoms with van der Waals surface area (Å²) >= 11 is 4.65. The van der Waals surface area contributed by atoms with Gasteiger partial charge < -0.3 is 19.9 Å². The van der Waals surface area contributed by atoms with Gasteiger partial charge in [0.1, 0.15) is 24.0 Å². The third-order valence-electron chi connectivity index (χ3n) is 4.07. The molecule has 0 aliphatic rings. The van der Waals surface area contributed by atoms with Crippen molar-refractivity contribution in [3.8, 4) is 17.2 Å². The van der Waals surface area contributed by atoms with Crippen molar-refractivity contribution in [1.29, 1.82) is 0 Å². The molecule has 0 aliphatic heterocycles. The van der Waals surface area contributed by atoms with Crippen LogP contribution in [0, 0.1) is 6.92 Å². The Kier molecular flexibility index (Phi) is 8.40. The van der Waals surface area contributed by atoms with Crippen molar-refractivity contribution >= 4 is 44.5 Å². The van der Waals surface area contributed by atoms with Crippen LogP contribution in [0.3, 0.4) is 0 Å². The third kappa shape index (κ3) is 6.92. The second kappa shape index (κ2) is 11.4. The molecule has 0 fully saturated rings. The van der Waals surface area contributed by atoms with Crippen LogP contribution < -0.4 is 25.4 Å². The lowest BCUT2D eigenvalue weighted by molar-refractivity contribution is -0.120. The highest BCUT2D eigenvalue weighted by atomic mass is 79.9. The van der Waals surface area contributed by atoms with Crippen molar-refractivity contribution in [1.82, 2.24) is 15.6 Å². The van der Waals surface area contributed by atoms with E-state index in [1.54, 1.807) is 19.2 Å². The van der Waals surface area contributed by atoms with Gasteiger partial charge in [-0.3, -0.25) is 4.79 Å². The summed E-state index contributed by atoms with van der Waals surface area (Å²) in [7, 11) is 1.55. The fourth-order valence-electron chi connectivity index (χ4n) is 2.59. The molecule has 0 bridgehead atoms. The van der Waals surface area contributed by atoms with E-state index in [2.05, 4.69) is 36.7 Å². The summed E-state index contributed by atoms with van der Waals surface area (Å²) < 4.78 is 17.6. The molecule has 3 aromatic rings. The number of nitrogens with one attached hydrogen (secondary N) is 1. The van der Waals surface area contributed by atoms with Crippen molar-refractivity contribution in [3.63, 3.8) is 0 Å². The topological polar surface area (TPSA) is 121 Å². The van der Waals surface area contributed by atoms with Crippen LogP contribution in [0.1, 0.15) is 16.1 Å². The number of anilines is 1. The van der Waals surface area contributed by atoms with Crippen molar-refractivity contribution in [3.05, 3.63) is 57.0 Å². The molecule has 9 nitrogen and oxygen atoms in total. The first-order valence-corrected chi connectivity index (χ1v) is 11.1. The van der Waals surface area contributed by atoms with Gasteiger partial charge in [-0.25, -0.2) is 5.43 Å². The molecular weight excluding hydrogens is 498 g/mol. The number of hydrogen-bond acceptors (Lipinski definition) is 9. The molecule has 168 valence electrons. The largest absolute Gasteiger partial charge is 0.493 e. The molecule has 0 spiro atoms. The number of hydrogen-bond donors (Lipinski definition) is 2. The SMILES string of the molecule is COc1cc(C=NNC(=O)Cc2nnc(N)s2)cc(Br)c1OCCOc1ccc(C)cc1. The predicted octanol–water partition coefficient (Wildman–Crippen LogP) is 3.35. The first-order chi connectivity index (χ1) is 15.4. The van der Waals surface area contributed by atoms with Gasteiger partial charge in [-0.15, -0.1) is 10.2 Å². The van der Waals surface area contributed by atoms with E-state index in [0.29, 0.717) is 44.9 Å². The molecule has 11 heteroatoms. The van der Waals surface area contributed by atoms with Gasteiger partial charge in [0.15, 0.2) is 11.5 Å². The number of benzene rings is 2. The van der Waals surface area contributed by atoms with Gasteiger partial charge in [-0.1, -0.05) is 29.0 Å². The Bertz CT molecular complexity index is 1090. The Morgan fingerprint density at radius 2 is 1.97 bits per heavy atom. The fraction of sp³-hybridized carbons (Fsp3) is 0.238. The van der Waals surface area contributed by atoms with E-state index in [4.69, 9.17) is 19.9 Å². The molecule has 0 aliphatic carbocycles. The van der Waals surface area contributed by atoms with Crippen LogP contribution in [0.5, 0.6) is 17.2 Å². The van der Waals surface area contributed by atoms with Crippen LogP contribution >= 0.6 is 27.3 Å². The normalized spacial score (nSPS) is 10.8. The summed E-state index contributed by atoms with van der Waals surface area (Å²) in [6, 6.07) is 11.4. The van der Waals surface area contributed by atoms with Crippen molar-refractivity contribution < 1.29 is 19.0 Å². The molecule has 3 N–H and O–H groups in total. The number of nitrogens with two attached hydrogens (primary N) is 1. The second-order valence-electron chi connectivity index (χ2n) is 6.55. The molecule has 0 unspecified atom stereocenters. The van der Waals surface area contributed by atoms with E-state index in [0.717, 1.165) is 17.1 Å². The zero-order chi connectivity index (χ0) is 22.9. The molecule has 0 saturated heterocycles. The lowest BCUT2D eigenvalue weighted by atomic mass is 10.2. The summed E-state index contributed by atoms with van der Waals surface area (Å²) in [6.45, 7) is 2.74.